The van der Waals surface area contributed by atoms with Gasteiger partial charge in [0.25, 0.3) is 0 Å². The zero-order valence-electron chi connectivity index (χ0n) is 5.73. The van der Waals surface area contributed by atoms with Crippen molar-refractivity contribution >= 4 is 19.2 Å². The molecule has 0 radical (unpaired) electrons. The molecule has 0 fully saturated rings. The van der Waals surface area contributed by atoms with Crippen LogP contribution in [0.1, 0.15) is 0 Å². The average molecular weight is 190 g/mol. The van der Waals surface area contributed by atoms with Crippen LogP contribution >= 0.6 is 0 Å². The number of primary amides is 1. The van der Waals surface area contributed by atoms with E-state index in [0.29, 0.717) is 0 Å². The normalized spacial score (nSPS) is 9.33. The maximum Gasteiger partial charge on any atom is 0.673 e. The zero-order valence-corrected chi connectivity index (χ0v) is 5.73. The second-order valence-corrected chi connectivity index (χ2v) is 1.44. The Kier molecular flexibility index (Phi) is 5.71. The summed E-state index contributed by atoms with van der Waals surface area (Å²) in [6.07, 6.45) is 0. The topological polar surface area (TPSA) is 107 Å². The summed E-state index contributed by atoms with van der Waals surface area (Å²) in [7, 11) is -6.00. The molecular weight excluding hydrogens is 183 g/mol. The van der Waals surface area contributed by atoms with Crippen LogP contribution < -0.4 is 22.2 Å². The molecule has 5 nitrogen and oxygen atoms in total. The van der Waals surface area contributed by atoms with Crippen LogP contribution in [0.15, 0.2) is 0 Å². The first-order valence-electron chi connectivity index (χ1n) is 2.44. The predicted molar refractivity (Wildman–Crippen MR) is 34.0 cm³/mol. The van der Waals surface area contributed by atoms with Gasteiger partial charge in [-0.05, 0) is 0 Å². The Labute approximate surface area is 64.7 Å². The molecule has 10 heteroatoms. The van der Waals surface area contributed by atoms with Crippen molar-refractivity contribution in [3.8, 4) is 0 Å². The van der Waals surface area contributed by atoms with Gasteiger partial charge >= 0.3 is 19.2 Å². The Bertz CT molecular complexity index is 151. The Balaban J connectivity index is 0. The first-order chi connectivity index (χ1) is 5.13. The number of rotatable bonds is 0. The monoisotopic (exact) mass is 190 g/mol. The summed E-state index contributed by atoms with van der Waals surface area (Å²) in [5.41, 5.74) is 9.34. The standard InChI is InChI=1S/C2H6N4O.BF4/c3-1(4)6-2(5)7;2-1(3,4)5/h(H6,3,4,5,6,7);/q;-1/p+1. The third-order valence-electron chi connectivity index (χ3n) is 0.268. The number of amides is 2. The lowest BCUT2D eigenvalue weighted by molar-refractivity contribution is -0.118. The number of halogens is 4. The lowest BCUT2D eigenvalue weighted by Gasteiger charge is -1.94. The number of carbonyl (C=O) groups is 1. The molecule has 2 amide bonds. The molecule has 12 heavy (non-hydrogen) atoms. The summed E-state index contributed by atoms with van der Waals surface area (Å²) in [4.78, 5) is 9.74. The number of urea groups is 1. The third-order valence-corrected chi connectivity index (χ3v) is 0.268. The Morgan fingerprint density at radius 2 is 1.50 bits per heavy atom. The highest BCUT2D eigenvalue weighted by Crippen LogP contribution is 2.06. The first-order valence-corrected chi connectivity index (χ1v) is 2.44. The Morgan fingerprint density at radius 1 is 1.25 bits per heavy atom. The second-order valence-electron chi connectivity index (χ2n) is 1.44. The van der Waals surface area contributed by atoms with Gasteiger partial charge in [0.1, 0.15) is 0 Å². The number of hydrogen-bond donors (Lipinski definition) is 4. The summed E-state index contributed by atoms with van der Waals surface area (Å²) in [5, 5.41) is 6.69. The fourth-order valence-electron chi connectivity index (χ4n) is 0.142. The highest BCUT2D eigenvalue weighted by molar-refractivity contribution is 6.50. The summed E-state index contributed by atoms with van der Waals surface area (Å²) in [6.45, 7) is 0. The number of nitrogens with two attached hydrogens (primary N) is 3. The molecule has 0 aromatic heterocycles. The van der Waals surface area contributed by atoms with Crippen LogP contribution in [0, 0.1) is 0 Å². The Morgan fingerprint density at radius 3 is 1.50 bits per heavy atom. The van der Waals surface area contributed by atoms with Crippen molar-refractivity contribution < 1.29 is 27.5 Å². The van der Waals surface area contributed by atoms with Gasteiger partial charge in [-0.1, -0.05) is 0 Å². The predicted octanol–water partition coefficient (Wildman–Crippen LogP) is -1.97. The molecule has 0 bridgehead atoms. The second kappa shape index (κ2) is 5.21. The van der Waals surface area contributed by atoms with Crippen molar-refractivity contribution in [2.45, 2.75) is 0 Å². The molecule has 0 aliphatic rings. The molecule has 7 N–H and O–H groups in total. The van der Waals surface area contributed by atoms with E-state index in [1.165, 1.54) is 0 Å². The minimum Gasteiger partial charge on any atom is -0.418 e. The van der Waals surface area contributed by atoms with Gasteiger partial charge in [0.15, 0.2) is 0 Å². The molecular formula is C2H7BF4N4O. The molecule has 0 heterocycles. The molecule has 0 aromatic carbocycles. The third kappa shape index (κ3) is 75.7. The summed E-state index contributed by atoms with van der Waals surface area (Å²) < 4.78 is 39.0. The van der Waals surface area contributed by atoms with Gasteiger partial charge in [-0.3, -0.25) is 11.1 Å². The van der Waals surface area contributed by atoms with Crippen LogP contribution in [0.5, 0.6) is 0 Å². The quantitative estimate of drug-likeness (QED) is 0.154. The Hall–Kier alpha value is -1.48. The molecule has 72 valence electrons. The number of carbonyl (C=O) groups excluding carboxylic acids is 1. The minimum absolute atomic E-state index is 0.187. The van der Waals surface area contributed by atoms with Crippen LogP contribution in [-0.4, -0.2) is 19.2 Å². The highest BCUT2D eigenvalue weighted by Gasteiger charge is 2.20. The van der Waals surface area contributed by atoms with Crippen molar-refractivity contribution in [1.82, 2.24) is 5.32 Å². The van der Waals surface area contributed by atoms with Gasteiger partial charge in [-0.25, -0.2) is 4.79 Å². The maximum atomic E-state index is 9.75. The van der Waals surface area contributed by atoms with Crippen LogP contribution in [0.2, 0.25) is 0 Å². The van der Waals surface area contributed by atoms with Crippen LogP contribution in [0.25, 0.3) is 0 Å². The highest BCUT2D eigenvalue weighted by atomic mass is 19.5. The summed E-state index contributed by atoms with van der Waals surface area (Å²) >= 11 is 0. The van der Waals surface area contributed by atoms with E-state index >= 15 is 0 Å². The fourth-order valence-corrected chi connectivity index (χ4v) is 0.142. The van der Waals surface area contributed by atoms with Crippen molar-refractivity contribution in [3.63, 3.8) is 0 Å². The van der Waals surface area contributed by atoms with Crippen molar-refractivity contribution in [2.75, 3.05) is 0 Å². The molecule has 0 aliphatic carbocycles. The van der Waals surface area contributed by atoms with Crippen molar-refractivity contribution in [3.05, 3.63) is 0 Å². The van der Waals surface area contributed by atoms with Gasteiger partial charge in [0.05, 0.1) is 0 Å². The molecule has 0 aromatic rings. The van der Waals surface area contributed by atoms with Gasteiger partial charge in [-0.15, -0.1) is 0 Å². The fraction of sp³-hybridized carbons (Fsp3) is 0. The van der Waals surface area contributed by atoms with E-state index in [1.54, 1.807) is 0 Å². The molecule has 0 aliphatic heterocycles. The van der Waals surface area contributed by atoms with Crippen molar-refractivity contribution in [1.29, 1.82) is 0 Å². The van der Waals surface area contributed by atoms with Crippen LogP contribution in [0.4, 0.5) is 22.1 Å². The minimum atomic E-state index is -6.00. The van der Waals surface area contributed by atoms with Gasteiger partial charge in [-0.2, -0.15) is 5.32 Å². The molecule has 0 rings (SSSR count). The molecule has 0 atom stereocenters. The average Bonchev–Trinajstić information content (AvgIpc) is 1.52. The smallest absolute Gasteiger partial charge is 0.418 e. The van der Waals surface area contributed by atoms with Crippen LogP contribution in [-0.2, 0) is 0 Å². The lowest BCUT2D eigenvalue weighted by Crippen LogP contribution is -2.57. The van der Waals surface area contributed by atoms with E-state index in [-0.39, 0.29) is 5.96 Å². The molecule has 0 saturated heterocycles. The largest absolute Gasteiger partial charge is 0.673 e. The van der Waals surface area contributed by atoms with E-state index in [4.69, 9.17) is 11.1 Å². The van der Waals surface area contributed by atoms with Crippen molar-refractivity contribution in [2.24, 2.45) is 11.5 Å². The maximum absolute atomic E-state index is 9.75. The lowest BCUT2D eigenvalue weighted by atomic mass is 10.3. The molecule has 0 saturated carbocycles. The van der Waals surface area contributed by atoms with E-state index in [2.05, 4.69) is 5.73 Å². The van der Waals surface area contributed by atoms with E-state index < -0.39 is 13.3 Å². The van der Waals surface area contributed by atoms with Gasteiger partial charge in [0.2, 0.25) is 0 Å². The first kappa shape index (κ1) is 13.1. The molecule has 0 spiro atoms. The van der Waals surface area contributed by atoms with Gasteiger partial charge in [0, 0.05) is 0 Å². The SMILES string of the molecule is F[B-](F)(F)F.NC(=[NH2+])NC(N)=O. The van der Waals surface area contributed by atoms with Gasteiger partial charge < -0.3 is 23.0 Å². The van der Waals surface area contributed by atoms with E-state index in [1.807, 2.05) is 5.32 Å². The number of nitrogens with one attached hydrogen (secondary N) is 1. The zero-order chi connectivity index (χ0) is 10.4. The van der Waals surface area contributed by atoms with Crippen LogP contribution in [0.3, 0.4) is 0 Å². The number of hydrogen-bond acceptors (Lipinski definition) is 1. The van der Waals surface area contributed by atoms with E-state index in [0.717, 1.165) is 0 Å². The summed E-state index contributed by atoms with van der Waals surface area (Å²) in [5.74, 6) is -0.187. The molecule has 0 unspecified atom stereocenters. The number of guanidine groups is 1. The van der Waals surface area contributed by atoms with E-state index in [9.17, 15) is 22.1 Å². The summed E-state index contributed by atoms with van der Waals surface area (Å²) in [6, 6.07) is -0.750.